The predicted octanol–water partition coefficient (Wildman–Crippen LogP) is 7.47. The predicted molar refractivity (Wildman–Crippen MR) is 119 cm³/mol. The van der Waals surface area contributed by atoms with Crippen molar-refractivity contribution in [3.05, 3.63) is 36.8 Å². The quantitative estimate of drug-likeness (QED) is 0.136. The molecule has 4 nitrogen and oxygen atoms in total. The molecule has 1 radical (unpaired) electrons. The van der Waals surface area contributed by atoms with Crippen LogP contribution in [0.3, 0.4) is 0 Å². The first kappa shape index (κ1) is 25.5. The molecule has 0 unspecified atom stereocenters. The summed E-state index contributed by atoms with van der Waals surface area (Å²) in [7, 11) is 0. The molecule has 29 heavy (non-hydrogen) atoms. The second-order valence-corrected chi connectivity index (χ2v) is 7.66. The Hall–Kier alpha value is -1.55. The molecular weight excluding hydrogens is 364 g/mol. The second kappa shape index (κ2) is 18.5. The molecule has 0 aliphatic rings. The molecular formula is C25H41O4. The standard InChI is InChI=1S/C25H41O4/c1-3-5-7-8-9-10-11-12-13-14-15-16-22-28-29-25(26)23-17-19-24(20-18-23)27-21-6-4-2/h17-20H,1,3-16,21-22H2,2H3. The van der Waals surface area contributed by atoms with Gasteiger partial charge >= 0.3 is 5.97 Å². The lowest BCUT2D eigenvalue weighted by Crippen LogP contribution is -2.07. The van der Waals surface area contributed by atoms with Crippen LogP contribution in [0.2, 0.25) is 0 Å². The topological polar surface area (TPSA) is 44.8 Å². The van der Waals surface area contributed by atoms with Crippen molar-refractivity contribution in [1.82, 2.24) is 0 Å². The Morgan fingerprint density at radius 1 is 0.759 bits per heavy atom. The third-order valence-corrected chi connectivity index (χ3v) is 4.97. The molecule has 4 heteroatoms. The van der Waals surface area contributed by atoms with Crippen LogP contribution in [-0.2, 0) is 9.78 Å². The molecule has 0 aromatic heterocycles. The molecule has 0 N–H and O–H groups in total. The second-order valence-electron chi connectivity index (χ2n) is 7.66. The number of hydrogen-bond acceptors (Lipinski definition) is 4. The minimum Gasteiger partial charge on any atom is -0.494 e. The molecule has 1 aromatic carbocycles. The molecule has 0 heterocycles. The van der Waals surface area contributed by atoms with Gasteiger partial charge in [0, 0.05) is 0 Å². The van der Waals surface area contributed by atoms with Crippen molar-refractivity contribution in [1.29, 1.82) is 0 Å². The van der Waals surface area contributed by atoms with E-state index in [2.05, 4.69) is 13.8 Å². The van der Waals surface area contributed by atoms with Gasteiger partial charge in [-0.25, -0.2) is 4.79 Å². The zero-order valence-electron chi connectivity index (χ0n) is 18.5. The van der Waals surface area contributed by atoms with Crippen molar-refractivity contribution in [3.63, 3.8) is 0 Å². The lowest BCUT2D eigenvalue weighted by molar-refractivity contribution is -0.241. The van der Waals surface area contributed by atoms with Crippen LogP contribution in [0.1, 0.15) is 107 Å². The van der Waals surface area contributed by atoms with E-state index in [-0.39, 0.29) is 0 Å². The Morgan fingerprint density at radius 3 is 1.86 bits per heavy atom. The van der Waals surface area contributed by atoms with Gasteiger partial charge in [0.2, 0.25) is 0 Å². The van der Waals surface area contributed by atoms with E-state index >= 15 is 0 Å². The number of benzene rings is 1. The van der Waals surface area contributed by atoms with Gasteiger partial charge in [-0.2, -0.15) is 4.89 Å². The Labute approximate surface area is 178 Å². The first-order chi connectivity index (χ1) is 14.3. The summed E-state index contributed by atoms with van der Waals surface area (Å²) in [6.07, 6.45) is 17.1. The average Bonchev–Trinajstić information content (AvgIpc) is 2.74. The number of carbonyl (C=O) groups is 1. The molecule has 0 bridgehead atoms. The molecule has 0 saturated heterocycles. The summed E-state index contributed by atoms with van der Waals surface area (Å²) in [6, 6.07) is 6.98. The molecule has 1 aromatic rings. The summed E-state index contributed by atoms with van der Waals surface area (Å²) in [5.41, 5.74) is 0.471. The maximum absolute atomic E-state index is 11.9. The Bertz CT molecular complexity index is 498. The highest BCUT2D eigenvalue weighted by molar-refractivity contribution is 5.89. The van der Waals surface area contributed by atoms with Crippen LogP contribution >= 0.6 is 0 Å². The minimum atomic E-state index is -0.458. The summed E-state index contributed by atoms with van der Waals surface area (Å²) in [6.45, 7) is 7.15. The highest BCUT2D eigenvalue weighted by Gasteiger charge is 2.08. The third kappa shape index (κ3) is 14.1. The smallest absolute Gasteiger partial charge is 0.373 e. The molecule has 0 aliphatic carbocycles. The monoisotopic (exact) mass is 405 g/mol. The van der Waals surface area contributed by atoms with E-state index < -0.39 is 5.97 Å². The van der Waals surface area contributed by atoms with Crippen molar-refractivity contribution in [2.24, 2.45) is 0 Å². The van der Waals surface area contributed by atoms with Crippen LogP contribution in [0.4, 0.5) is 0 Å². The van der Waals surface area contributed by atoms with Gasteiger partial charge in [0.05, 0.1) is 18.8 Å². The van der Waals surface area contributed by atoms with Crippen LogP contribution in [-0.4, -0.2) is 19.2 Å². The number of unbranched alkanes of at least 4 members (excludes halogenated alkanes) is 12. The number of hydrogen-bond donors (Lipinski definition) is 0. The lowest BCUT2D eigenvalue weighted by Gasteiger charge is -2.07. The molecule has 0 spiro atoms. The molecule has 0 fully saturated rings. The molecule has 1 rings (SSSR count). The van der Waals surface area contributed by atoms with Crippen LogP contribution in [0.5, 0.6) is 5.75 Å². The van der Waals surface area contributed by atoms with Gasteiger partial charge in [0.15, 0.2) is 0 Å². The SMILES string of the molecule is [CH2]CCCCCCCCCCCCCOOC(=O)c1ccc(OCCCC)cc1. The molecule has 0 atom stereocenters. The van der Waals surface area contributed by atoms with Gasteiger partial charge in [-0.1, -0.05) is 90.9 Å². The van der Waals surface area contributed by atoms with Crippen LogP contribution in [0, 0.1) is 6.92 Å². The van der Waals surface area contributed by atoms with E-state index in [1.807, 2.05) is 0 Å². The van der Waals surface area contributed by atoms with Crippen LogP contribution in [0.25, 0.3) is 0 Å². The van der Waals surface area contributed by atoms with Crippen molar-refractivity contribution < 1.29 is 19.3 Å². The normalized spacial score (nSPS) is 10.8. The van der Waals surface area contributed by atoms with Crippen LogP contribution in [0.15, 0.2) is 24.3 Å². The van der Waals surface area contributed by atoms with Gasteiger partial charge in [0.1, 0.15) is 5.75 Å². The van der Waals surface area contributed by atoms with Gasteiger partial charge in [-0.3, -0.25) is 4.89 Å². The van der Waals surface area contributed by atoms with Crippen molar-refractivity contribution in [2.75, 3.05) is 13.2 Å². The van der Waals surface area contributed by atoms with E-state index in [0.29, 0.717) is 18.8 Å². The molecule has 165 valence electrons. The summed E-state index contributed by atoms with van der Waals surface area (Å²) < 4.78 is 5.58. The summed E-state index contributed by atoms with van der Waals surface area (Å²) in [5, 5.41) is 0. The van der Waals surface area contributed by atoms with E-state index in [1.54, 1.807) is 24.3 Å². The summed E-state index contributed by atoms with van der Waals surface area (Å²) in [5.74, 6) is 0.310. The fourth-order valence-electron chi connectivity index (χ4n) is 3.09. The van der Waals surface area contributed by atoms with Gasteiger partial charge in [0.25, 0.3) is 0 Å². The summed E-state index contributed by atoms with van der Waals surface area (Å²) >= 11 is 0. The van der Waals surface area contributed by atoms with E-state index in [1.165, 1.54) is 57.8 Å². The first-order valence-corrected chi connectivity index (χ1v) is 11.6. The largest absolute Gasteiger partial charge is 0.494 e. The zero-order valence-corrected chi connectivity index (χ0v) is 18.5. The van der Waals surface area contributed by atoms with Crippen molar-refractivity contribution >= 4 is 5.97 Å². The van der Waals surface area contributed by atoms with Gasteiger partial charge in [-0.05, 0) is 37.1 Å². The first-order valence-electron chi connectivity index (χ1n) is 11.6. The maximum Gasteiger partial charge on any atom is 0.373 e. The van der Waals surface area contributed by atoms with Gasteiger partial charge in [-0.15, -0.1) is 0 Å². The highest BCUT2D eigenvalue weighted by Crippen LogP contribution is 2.14. The lowest BCUT2D eigenvalue weighted by atomic mass is 10.1. The Balaban J connectivity index is 1.93. The number of carbonyl (C=O) groups excluding carboxylic acids is 1. The fourth-order valence-corrected chi connectivity index (χ4v) is 3.09. The fraction of sp³-hybridized carbons (Fsp3) is 0.680. The highest BCUT2D eigenvalue weighted by atomic mass is 17.2. The molecule has 0 aliphatic heterocycles. The van der Waals surface area contributed by atoms with Crippen LogP contribution < -0.4 is 4.74 Å². The van der Waals surface area contributed by atoms with E-state index in [4.69, 9.17) is 14.5 Å². The van der Waals surface area contributed by atoms with Gasteiger partial charge < -0.3 is 4.74 Å². The van der Waals surface area contributed by atoms with E-state index in [9.17, 15) is 4.79 Å². The van der Waals surface area contributed by atoms with Crippen molar-refractivity contribution in [2.45, 2.75) is 96.8 Å². The minimum absolute atomic E-state index is 0.455. The third-order valence-electron chi connectivity index (χ3n) is 4.97. The maximum atomic E-state index is 11.9. The van der Waals surface area contributed by atoms with Crippen molar-refractivity contribution in [3.8, 4) is 5.75 Å². The molecule has 0 saturated carbocycles. The molecule has 0 amide bonds. The average molecular weight is 406 g/mol. The van der Waals surface area contributed by atoms with E-state index in [0.717, 1.165) is 37.9 Å². The Morgan fingerprint density at radius 2 is 1.31 bits per heavy atom. The number of ether oxygens (including phenoxy) is 1. The Kier molecular flexibility index (Phi) is 16.2. The zero-order chi connectivity index (χ0) is 21.0. The summed E-state index contributed by atoms with van der Waals surface area (Å²) in [4.78, 5) is 21.9. The number of rotatable bonds is 19.